The summed E-state index contributed by atoms with van der Waals surface area (Å²) in [5.41, 5.74) is 4.20. The van der Waals surface area contributed by atoms with E-state index in [4.69, 9.17) is 0 Å². The standard InChI is InChI=1S/C16H17BrFN/c1-10-7-12(9-13(18)8-10)16(19-3)14-5-4-6-15(17)11(14)2/h4-9,16,19H,1-3H3. The van der Waals surface area contributed by atoms with Crippen LogP contribution in [0.3, 0.4) is 0 Å². The molecule has 1 nitrogen and oxygen atoms in total. The topological polar surface area (TPSA) is 12.0 Å². The summed E-state index contributed by atoms with van der Waals surface area (Å²) in [6, 6.07) is 11.2. The Kier molecular flexibility index (Phi) is 4.38. The van der Waals surface area contributed by atoms with Crippen LogP contribution >= 0.6 is 15.9 Å². The second-order valence-corrected chi connectivity index (χ2v) is 5.59. The van der Waals surface area contributed by atoms with Crippen molar-refractivity contribution in [2.45, 2.75) is 19.9 Å². The van der Waals surface area contributed by atoms with E-state index in [0.29, 0.717) is 0 Å². The van der Waals surface area contributed by atoms with Gasteiger partial charge in [-0.05, 0) is 61.3 Å². The zero-order chi connectivity index (χ0) is 14.0. The molecule has 0 radical (unpaired) electrons. The maximum atomic E-state index is 13.6. The number of nitrogens with one attached hydrogen (secondary N) is 1. The van der Waals surface area contributed by atoms with Crippen LogP contribution in [-0.4, -0.2) is 7.05 Å². The van der Waals surface area contributed by atoms with Gasteiger partial charge in [-0.1, -0.05) is 34.1 Å². The molecule has 0 aliphatic carbocycles. The quantitative estimate of drug-likeness (QED) is 0.876. The van der Waals surface area contributed by atoms with Gasteiger partial charge in [-0.25, -0.2) is 4.39 Å². The molecule has 0 bridgehead atoms. The van der Waals surface area contributed by atoms with E-state index in [1.165, 1.54) is 5.56 Å². The Bertz CT molecular complexity index is 575. The highest BCUT2D eigenvalue weighted by atomic mass is 79.9. The van der Waals surface area contributed by atoms with Gasteiger partial charge in [-0.2, -0.15) is 0 Å². The zero-order valence-electron chi connectivity index (χ0n) is 11.3. The summed E-state index contributed by atoms with van der Waals surface area (Å²) in [7, 11) is 1.89. The third-order valence-corrected chi connectivity index (χ3v) is 4.17. The molecule has 0 aliphatic rings. The van der Waals surface area contributed by atoms with E-state index in [1.54, 1.807) is 12.1 Å². The molecule has 1 N–H and O–H groups in total. The number of benzene rings is 2. The molecule has 0 heterocycles. The van der Waals surface area contributed by atoms with E-state index in [-0.39, 0.29) is 11.9 Å². The Morgan fingerprint density at radius 2 is 1.89 bits per heavy atom. The average Bonchev–Trinajstić information content (AvgIpc) is 2.34. The molecule has 3 heteroatoms. The second-order valence-electron chi connectivity index (χ2n) is 4.74. The summed E-state index contributed by atoms with van der Waals surface area (Å²) >= 11 is 3.54. The Labute approximate surface area is 122 Å². The second kappa shape index (κ2) is 5.85. The van der Waals surface area contributed by atoms with Gasteiger partial charge in [0.1, 0.15) is 5.82 Å². The monoisotopic (exact) mass is 321 g/mol. The van der Waals surface area contributed by atoms with E-state index in [9.17, 15) is 4.39 Å². The lowest BCUT2D eigenvalue weighted by atomic mass is 9.94. The first-order valence-electron chi connectivity index (χ1n) is 6.22. The number of hydrogen-bond acceptors (Lipinski definition) is 1. The molecule has 0 aliphatic heterocycles. The lowest BCUT2D eigenvalue weighted by Crippen LogP contribution is -2.19. The van der Waals surface area contributed by atoms with Gasteiger partial charge >= 0.3 is 0 Å². The van der Waals surface area contributed by atoms with Gasteiger partial charge in [0, 0.05) is 4.47 Å². The fourth-order valence-corrected chi connectivity index (χ4v) is 2.75. The summed E-state index contributed by atoms with van der Waals surface area (Å²) in [5.74, 6) is -0.192. The molecule has 100 valence electrons. The van der Waals surface area contributed by atoms with Crippen LogP contribution in [0.15, 0.2) is 40.9 Å². The molecule has 0 aromatic heterocycles. The molecular weight excluding hydrogens is 305 g/mol. The summed E-state index contributed by atoms with van der Waals surface area (Å²) in [6.45, 7) is 3.98. The van der Waals surface area contributed by atoms with Crippen molar-refractivity contribution in [3.8, 4) is 0 Å². The van der Waals surface area contributed by atoms with Crippen LogP contribution in [0.5, 0.6) is 0 Å². The van der Waals surface area contributed by atoms with E-state index in [2.05, 4.69) is 34.2 Å². The lowest BCUT2D eigenvalue weighted by molar-refractivity contribution is 0.614. The van der Waals surface area contributed by atoms with Gasteiger partial charge in [0.05, 0.1) is 6.04 Å². The minimum absolute atomic E-state index is 0.00750. The Hall–Kier alpha value is -1.19. The van der Waals surface area contributed by atoms with Crippen LogP contribution in [0, 0.1) is 19.7 Å². The maximum absolute atomic E-state index is 13.6. The van der Waals surface area contributed by atoms with Gasteiger partial charge in [0.25, 0.3) is 0 Å². The molecule has 1 unspecified atom stereocenters. The van der Waals surface area contributed by atoms with Crippen LogP contribution in [0.25, 0.3) is 0 Å². The predicted molar refractivity (Wildman–Crippen MR) is 80.9 cm³/mol. The SMILES string of the molecule is CNC(c1cc(C)cc(F)c1)c1cccc(Br)c1C. The fraction of sp³-hybridized carbons (Fsp3) is 0.250. The van der Waals surface area contributed by atoms with Gasteiger partial charge < -0.3 is 5.32 Å². The number of rotatable bonds is 3. The van der Waals surface area contributed by atoms with Crippen molar-refractivity contribution in [3.05, 3.63) is 68.9 Å². The van der Waals surface area contributed by atoms with E-state index >= 15 is 0 Å². The summed E-state index contributed by atoms with van der Waals surface area (Å²) in [6.07, 6.45) is 0. The van der Waals surface area contributed by atoms with Crippen LogP contribution in [0.4, 0.5) is 4.39 Å². The Morgan fingerprint density at radius 1 is 1.16 bits per heavy atom. The third kappa shape index (κ3) is 3.04. The minimum Gasteiger partial charge on any atom is -0.309 e. The van der Waals surface area contributed by atoms with Gasteiger partial charge in [0.2, 0.25) is 0 Å². The summed E-state index contributed by atoms with van der Waals surface area (Å²) in [4.78, 5) is 0. The first kappa shape index (κ1) is 14.2. The van der Waals surface area contributed by atoms with E-state index in [1.807, 2.05) is 32.2 Å². The number of halogens is 2. The minimum atomic E-state index is -0.192. The molecular formula is C16H17BrFN. The molecule has 2 aromatic carbocycles. The predicted octanol–water partition coefficient (Wildman–Crippen LogP) is 4.51. The van der Waals surface area contributed by atoms with E-state index < -0.39 is 0 Å². The van der Waals surface area contributed by atoms with Crippen LogP contribution in [0.1, 0.15) is 28.3 Å². The maximum Gasteiger partial charge on any atom is 0.123 e. The van der Waals surface area contributed by atoms with Crippen LogP contribution < -0.4 is 5.32 Å². The van der Waals surface area contributed by atoms with Crippen molar-refractivity contribution in [1.29, 1.82) is 0 Å². The highest BCUT2D eigenvalue weighted by Crippen LogP contribution is 2.29. The highest BCUT2D eigenvalue weighted by Gasteiger charge is 2.16. The molecule has 2 rings (SSSR count). The molecule has 19 heavy (non-hydrogen) atoms. The molecule has 0 spiro atoms. The molecule has 0 saturated heterocycles. The molecule has 2 aromatic rings. The Balaban J connectivity index is 2.53. The first-order chi connectivity index (χ1) is 9.02. The lowest BCUT2D eigenvalue weighted by Gasteiger charge is -2.20. The third-order valence-electron chi connectivity index (χ3n) is 3.31. The van der Waals surface area contributed by atoms with Crippen LogP contribution in [0.2, 0.25) is 0 Å². The number of aryl methyl sites for hydroxylation is 1. The van der Waals surface area contributed by atoms with Crippen molar-refractivity contribution in [2.75, 3.05) is 7.05 Å². The van der Waals surface area contributed by atoms with E-state index in [0.717, 1.165) is 21.2 Å². The summed E-state index contributed by atoms with van der Waals surface area (Å²) < 4.78 is 14.7. The van der Waals surface area contributed by atoms with Crippen molar-refractivity contribution >= 4 is 15.9 Å². The average molecular weight is 322 g/mol. The number of hydrogen-bond donors (Lipinski definition) is 1. The summed E-state index contributed by atoms with van der Waals surface area (Å²) in [5, 5.41) is 3.27. The first-order valence-corrected chi connectivity index (χ1v) is 7.01. The van der Waals surface area contributed by atoms with Gasteiger partial charge in [0.15, 0.2) is 0 Å². The largest absolute Gasteiger partial charge is 0.309 e. The van der Waals surface area contributed by atoms with Crippen LogP contribution in [-0.2, 0) is 0 Å². The molecule has 0 amide bonds. The zero-order valence-corrected chi connectivity index (χ0v) is 12.9. The Morgan fingerprint density at radius 3 is 2.53 bits per heavy atom. The molecule has 0 fully saturated rings. The normalized spacial score (nSPS) is 12.5. The van der Waals surface area contributed by atoms with Crippen molar-refractivity contribution in [3.63, 3.8) is 0 Å². The van der Waals surface area contributed by atoms with Crippen molar-refractivity contribution in [2.24, 2.45) is 0 Å². The molecule has 1 atom stereocenters. The highest BCUT2D eigenvalue weighted by molar-refractivity contribution is 9.10. The fourth-order valence-electron chi connectivity index (χ4n) is 2.37. The van der Waals surface area contributed by atoms with Crippen molar-refractivity contribution in [1.82, 2.24) is 5.32 Å². The van der Waals surface area contributed by atoms with Gasteiger partial charge in [-0.15, -0.1) is 0 Å². The smallest absolute Gasteiger partial charge is 0.123 e. The van der Waals surface area contributed by atoms with Crippen molar-refractivity contribution < 1.29 is 4.39 Å². The van der Waals surface area contributed by atoms with Gasteiger partial charge in [-0.3, -0.25) is 0 Å². The molecule has 0 saturated carbocycles.